The average Bonchev–Trinajstić information content (AvgIpc) is 3.55. The molecule has 5 rings (SSSR count). The molecule has 0 aliphatic heterocycles. The number of hydrogen-bond acceptors (Lipinski definition) is 7. The van der Waals surface area contributed by atoms with Crippen molar-refractivity contribution in [3.05, 3.63) is 73.9 Å². The summed E-state index contributed by atoms with van der Waals surface area (Å²) in [5, 5.41) is 5.16. The predicted octanol–water partition coefficient (Wildman–Crippen LogP) is 3.69. The summed E-state index contributed by atoms with van der Waals surface area (Å²) in [6.45, 7) is 2.70. The molecule has 0 unspecified atom stereocenters. The second kappa shape index (κ2) is 9.30. The van der Waals surface area contributed by atoms with Crippen LogP contribution in [0.4, 0.5) is 0 Å². The number of imidazole rings is 1. The number of benzene rings is 1. The summed E-state index contributed by atoms with van der Waals surface area (Å²) in [5.74, 6) is 1.00. The normalized spacial score (nSPS) is 11.7. The minimum Gasteiger partial charge on any atom is -0.464 e. The first kappa shape index (κ1) is 22.1. The predicted molar refractivity (Wildman–Crippen MR) is 126 cm³/mol. The van der Waals surface area contributed by atoms with E-state index in [1.54, 1.807) is 6.26 Å². The Morgan fingerprint density at radius 2 is 1.91 bits per heavy atom. The van der Waals surface area contributed by atoms with Crippen molar-refractivity contribution in [3.8, 4) is 0 Å². The molecule has 11 heteroatoms. The molecule has 4 heterocycles. The summed E-state index contributed by atoms with van der Waals surface area (Å²) in [7, 11) is 0. The molecule has 34 heavy (non-hydrogen) atoms. The SMILES string of the molecule is CCCCn1c(=O)n(CCCc2nc(Cc3coc4ccccc34)no2)c(=O)c2[nH]c(Cl)nc21. The third kappa shape index (κ3) is 4.16. The van der Waals surface area contributed by atoms with Gasteiger partial charge in [-0.1, -0.05) is 36.7 Å². The molecule has 0 aliphatic rings. The van der Waals surface area contributed by atoms with Gasteiger partial charge < -0.3 is 13.9 Å². The third-order valence-electron chi connectivity index (χ3n) is 5.76. The van der Waals surface area contributed by atoms with Gasteiger partial charge in [-0.25, -0.2) is 4.79 Å². The number of fused-ring (bicyclic) bond motifs is 2. The van der Waals surface area contributed by atoms with Crippen molar-refractivity contribution >= 4 is 33.7 Å². The second-order valence-corrected chi connectivity index (χ2v) is 8.47. The highest BCUT2D eigenvalue weighted by molar-refractivity contribution is 6.28. The van der Waals surface area contributed by atoms with Crippen LogP contribution < -0.4 is 11.2 Å². The van der Waals surface area contributed by atoms with Crippen LogP contribution in [0, 0.1) is 0 Å². The van der Waals surface area contributed by atoms with E-state index in [2.05, 4.69) is 20.1 Å². The largest absolute Gasteiger partial charge is 0.464 e. The first-order chi connectivity index (χ1) is 16.5. The molecule has 4 aromatic heterocycles. The van der Waals surface area contributed by atoms with E-state index in [0.717, 1.165) is 29.4 Å². The number of para-hydroxylation sites is 1. The zero-order valence-electron chi connectivity index (χ0n) is 18.6. The van der Waals surface area contributed by atoms with Gasteiger partial charge in [0.25, 0.3) is 5.56 Å². The molecule has 1 N–H and O–H groups in total. The molecule has 0 aliphatic carbocycles. The zero-order valence-corrected chi connectivity index (χ0v) is 19.3. The van der Waals surface area contributed by atoms with Crippen LogP contribution in [0.1, 0.15) is 43.5 Å². The van der Waals surface area contributed by atoms with E-state index in [0.29, 0.717) is 37.5 Å². The lowest BCUT2D eigenvalue weighted by molar-refractivity contribution is 0.367. The van der Waals surface area contributed by atoms with Crippen molar-refractivity contribution in [2.45, 2.75) is 52.1 Å². The average molecular weight is 483 g/mol. The molecular formula is C23H23ClN6O4. The van der Waals surface area contributed by atoms with E-state index >= 15 is 0 Å². The van der Waals surface area contributed by atoms with Crippen LogP contribution in [-0.4, -0.2) is 29.2 Å². The molecular weight excluding hydrogens is 460 g/mol. The van der Waals surface area contributed by atoms with Gasteiger partial charge >= 0.3 is 5.69 Å². The number of H-pyrrole nitrogens is 1. The van der Waals surface area contributed by atoms with Gasteiger partial charge in [-0.05, 0) is 30.5 Å². The molecule has 5 aromatic rings. The van der Waals surface area contributed by atoms with E-state index < -0.39 is 11.2 Å². The number of halogens is 1. The van der Waals surface area contributed by atoms with E-state index in [9.17, 15) is 9.59 Å². The molecule has 176 valence electrons. The van der Waals surface area contributed by atoms with Gasteiger partial charge in [0.1, 0.15) is 5.58 Å². The molecule has 0 spiro atoms. The van der Waals surface area contributed by atoms with E-state index in [1.165, 1.54) is 9.13 Å². The van der Waals surface area contributed by atoms with Crippen molar-refractivity contribution in [2.24, 2.45) is 0 Å². The zero-order chi connectivity index (χ0) is 23.7. The van der Waals surface area contributed by atoms with Crippen LogP contribution in [-0.2, 0) is 25.9 Å². The molecule has 0 bridgehead atoms. The smallest absolute Gasteiger partial charge is 0.332 e. The van der Waals surface area contributed by atoms with Gasteiger partial charge in [0, 0.05) is 36.9 Å². The molecule has 0 saturated carbocycles. The van der Waals surface area contributed by atoms with Gasteiger partial charge in [-0.2, -0.15) is 9.97 Å². The van der Waals surface area contributed by atoms with Crippen LogP contribution >= 0.6 is 11.6 Å². The number of nitrogens with one attached hydrogen (secondary N) is 1. The highest BCUT2D eigenvalue weighted by Gasteiger charge is 2.17. The number of unbranched alkanes of at least 4 members (excludes halogenated alkanes) is 1. The minimum atomic E-state index is -0.440. The number of hydrogen-bond donors (Lipinski definition) is 1. The van der Waals surface area contributed by atoms with Gasteiger partial charge in [0.05, 0.1) is 6.26 Å². The Balaban J connectivity index is 1.31. The summed E-state index contributed by atoms with van der Waals surface area (Å²) in [6, 6.07) is 7.78. The summed E-state index contributed by atoms with van der Waals surface area (Å²) in [6.07, 6.45) is 4.79. The van der Waals surface area contributed by atoms with Crippen LogP contribution in [0.5, 0.6) is 0 Å². The minimum absolute atomic E-state index is 0.0817. The summed E-state index contributed by atoms with van der Waals surface area (Å²) in [5.41, 5.74) is 1.48. The van der Waals surface area contributed by atoms with Gasteiger partial charge in [-0.15, -0.1) is 0 Å². The van der Waals surface area contributed by atoms with E-state index in [4.69, 9.17) is 20.5 Å². The fraction of sp³-hybridized carbons (Fsp3) is 0.348. The molecule has 0 saturated heterocycles. The Labute approximate surface area is 198 Å². The van der Waals surface area contributed by atoms with Crippen LogP contribution in [0.3, 0.4) is 0 Å². The molecule has 1 aromatic carbocycles. The highest BCUT2D eigenvalue weighted by atomic mass is 35.5. The van der Waals surface area contributed by atoms with E-state index in [-0.39, 0.29) is 23.0 Å². The molecule has 0 fully saturated rings. The molecule has 10 nitrogen and oxygen atoms in total. The lowest BCUT2D eigenvalue weighted by Crippen LogP contribution is -2.40. The fourth-order valence-electron chi connectivity index (χ4n) is 4.05. The topological polar surface area (TPSA) is 125 Å². The number of aromatic nitrogens is 6. The number of rotatable bonds is 9. The first-order valence-corrected chi connectivity index (χ1v) is 11.6. The van der Waals surface area contributed by atoms with Crippen LogP contribution in [0.2, 0.25) is 5.28 Å². The van der Waals surface area contributed by atoms with Crippen LogP contribution in [0.25, 0.3) is 22.1 Å². The quantitative estimate of drug-likeness (QED) is 0.317. The van der Waals surface area contributed by atoms with Crippen molar-refractivity contribution in [1.82, 2.24) is 29.2 Å². The van der Waals surface area contributed by atoms with Gasteiger partial charge in [0.15, 0.2) is 17.0 Å². The molecule has 0 atom stereocenters. The highest BCUT2D eigenvalue weighted by Crippen LogP contribution is 2.22. The van der Waals surface area contributed by atoms with Crippen molar-refractivity contribution in [2.75, 3.05) is 0 Å². The van der Waals surface area contributed by atoms with Crippen molar-refractivity contribution in [3.63, 3.8) is 0 Å². The molecule has 0 radical (unpaired) electrons. The standard InChI is InChI=1S/C23H23ClN6O4/c1-2-3-10-29-20-19(26-22(24)27-20)21(31)30(23(29)32)11-6-9-18-25-17(28-34-18)12-14-13-33-16-8-5-4-7-15(14)16/h4-5,7-8,13H,2-3,6,9-12H2,1H3,(H,26,27). The number of aromatic amines is 1. The summed E-state index contributed by atoms with van der Waals surface area (Å²) < 4.78 is 13.7. The Morgan fingerprint density at radius 1 is 1.09 bits per heavy atom. The summed E-state index contributed by atoms with van der Waals surface area (Å²) in [4.78, 5) is 37.3. The Hall–Kier alpha value is -3.66. The number of nitrogens with zero attached hydrogens (tertiary/aromatic N) is 5. The maximum Gasteiger partial charge on any atom is 0.332 e. The first-order valence-electron chi connectivity index (χ1n) is 11.2. The number of furan rings is 1. The lowest BCUT2D eigenvalue weighted by Gasteiger charge is -2.10. The second-order valence-electron chi connectivity index (χ2n) is 8.11. The lowest BCUT2D eigenvalue weighted by atomic mass is 10.1. The maximum atomic E-state index is 13.0. The molecule has 0 amide bonds. The van der Waals surface area contributed by atoms with E-state index in [1.807, 2.05) is 31.2 Å². The Bertz CT molecular complexity index is 1570. The van der Waals surface area contributed by atoms with Crippen molar-refractivity contribution in [1.29, 1.82) is 0 Å². The number of aryl methyl sites for hydroxylation is 2. The van der Waals surface area contributed by atoms with Crippen molar-refractivity contribution < 1.29 is 8.94 Å². The maximum absolute atomic E-state index is 13.0. The Morgan fingerprint density at radius 3 is 2.76 bits per heavy atom. The Kier molecular flexibility index (Phi) is 6.06. The third-order valence-corrected chi connectivity index (χ3v) is 5.94. The monoisotopic (exact) mass is 482 g/mol. The fourth-order valence-corrected chi connectivity index (χ4v) is 4.22. The van der Waals surface area contributed by atoms with Gasteiger partial charge in [0.2, 0.25) is 11.2 Å². The summed E-state index contributed by atoms with van der Waals surface area (Å²) >= 11 is 5.97. The van der Waals surface area contributed by atoms with Gasteiger partial charge in [-0.3, -0.25) is 13.9 Å². The van der Waals surface area contributed by atoms with Crippen LogP contribution in [0.15, 0.2) is 49.1 Å².